The van der Waals surface area contributed by atoms with E-state index in [4.69, 9.17) is 38.4 Å². The van der Waals surface area contributed by atoms with Gasteiger partial charge in [0.15, 0.2) is 0 Å². The van der Waals surface area contributed by atoms with Gasteiger partial charge in [0.2, 0.25) is 5.88 Å². The predicted octanol–water partition coefficient (Wildman–Crippen LogP) is 4.83. The Morgan fingerprint density at radius 2 is 1.82 bits per heavy atom. The highest BCUT2D eigenvalue weighted by Gasteiger charge is 2.23. The fourth-order valence-corrected chi connectivity index (χ4v) is 3.29. The zero-order chi connectivity index (χ0) is 18.7. The highest BCUT2D eigenvalue weighted by molar-refractivity contribution is 6.42. The summed E-state index contributed by atoms with van der Waals surface area (Å²) in [7, 11) is 0. The summed E-state index contributed by atoms with van der Waals surface area (Å²) in [4.78, 5) is 4.47. The van der Waals surface area contributed by atoms with Gasteiger partial charge < -0.3 is 20.3 Å². The van der Waals surface area contributed by atoms with Gasteiger partial charge in [0.05, 0.1) is 35.4 Å². The van der Waals surface area contributed by atoms with Crippen LogP contribution in [-0.4, -0.2) is 29.4 Å². The van der Waals surface area contributed by atoms with Crippen molar-refractivity contribution in [3.05, 3.63) is 57.2 Å². The van der Waals surface area contributed by atoms with Crippen LogP contribution in [0.25, 0.3) is 0 Å². The van der Waals surface area contributed by atoms with Crippen LogP contribution in [0.4, 0.5) is 0 Å². The highest BCUT2D eigenvalue weighted by Crippen LogP contribution is 2.32. The summed E-state index contributed by atoms with van der Waals surface area (Å²) in [5.74, 6) is 0.549. The molecule has 1 aromatic heterocycles. The standard InChI is InChI=1S/C19H22Cl2N2O3.2ClH/c1-11-14(3-5-17(23-11)26-13-6-8-25-9-7-13)19(24)18(22)12-2-4-15(20)16(21)10-12;;/h2-5,10,13,18-19,24H,6-9,22H2,1H3;2*1H/t18-,19+;;/m0../s1. The number of aromatic nitrogens is 1. The van der Waals surface area contributed by atoms with Crippen LogP contribution in [0.5, 0.6) is 5.88 Å². The zero-order valence-corrected chi connectivity index (χ0v) is 18.5. The van der Waals surface area contributed by atoms with Gasteiger partial charge in [0, 0.05) is 30.2 Å². The van der Waals surface area contributed by atoms with Gasteiger partial charge in [-0.1, -0.05) is 29.3 Å². The first-order valence-electron chi connectivity index (χ1n) is 8.56. The monoisotopic (exact) mass is 468 g/mol. The summed E-state index contributed by atoms with van der Waals surface area (Å²) in [6.07, 6.45) is 0.905. The minimum absolute atomic E-state index is 0. The smallest absolute Gasteiger partial charge is 0.213 e. The maximum Gasteiger partial charge on any atom is 0.213 e. The van der Waals surface area contributed by atoms with Gasteiger partial charge in [-0.25, -0.2) is 4.98 Å². The van der Waals surface area contributed by atoms with Gasteiger partial charge in [-0.2, -0.15) is 0 Å². The molecule has 0 spiro atoms. The molecule has 0 radical (unpaired) electrons. The molecule has 0 amide bonds. The number of pyridine rings is 1. The molecule has 1 fully saturated rings. The van der Waals surface area contributed by atoms with E-state index < -0.39 is 12.1 Å². The van der Waals surface area contributed by atoms with Crippen LogP contribution in [0.1, 0.15) is 41.8 Å². The first kappa shape index (κ1) is 25.2. The van der Waals surface area contributed by atoms with E-state index in [1.165, 1.54) is 0 Å². The number of hydrogen-bond donors (Lipinski definition) is 2. The lowest BCUT2D eigenvalue weighted by Crippen LogP contribution is -2.26. The summed E-state index contributed by atoms with van der Waals surface area (Å²) in [6.45, 7) is 3.24. The van der Waals surface area contributed by atoms with Crippen LogP contribution in [0.15, 0.2) is 30.3 Å². The van der Waals surface area contributed by atoms with Crippen LogP contribution in [0.2, 0.25) is 10.0 Å². The maximum atomic E-state index is 10.7. The molecule has 9 heteroatoms. The molecule has 1 saturated heterocycles. The first-order valence-corrected chi connectivity index (χ1v) is 9.32. The Morgan fingerprint density at radius 3 is 2.43 bits per heavy atom. The van der Waals surface area contributed by atoms with Crippen LogP contribution in [-0.2, 0) is 4.74 Å². The molecule has 0 saturated carbocycles. The Kier molecular flexibility index (Phi) is 10.3. The molecular formula is C19H24Cl4N2O3. The molecule has 28 heavy (non-hydrogen) atoms. The molecule has 1 aliphatic rings. The van der Waals surface area contributed by atoms with E-state index in [1.807, 2.05) is 6.92 Å². The van der Waals surface area contributed by atoms with Crippen molar-refractivity contribution >= 4 is 48.0 Å². The third-order valence-corrected chi connectivity index (χ3v) is 5.28. The van der Waals surface area contributed by atoms with Gasteiger partial charge in [0.1, 0.15) is 6.10 Å². The van der Waals surface area contributed by atoms with E-state index in [2.05, 4.69) is 4.98 Å². The molecule has 3 N–H and O–H groups in total. The van der Waals surface area contributed by atoms with Gasteiger partial charge >= 0.3 is 0 Å². The lowest BCUT2D eigenvalue weighted by Gasteiger charge is -2.24. The number of halogens is 4. The molecule has 0 unspecified atom stereocenters. The van der Waals surface area contributed by atoms with E-state index in [1.54, 1.807) is 30.3 Å². The Bertz CT molecular complexity index is 773. The number of ether oxygens (including phenoxy) is 2. The number of aryl methyl sites for hydroxylation is 1. The summed E-state index contributed by atoms with van der Waals surface area (Å²) >= 11 is 12.0. The second kappa shape index (κ2) is 11.4. The van der Waals surface area contributed by atoms with Crippen LogP contribution in [0, 0.1) is 6.92 Å². The molecule has 156 valence electrons. The third-order valence-electron chi connectivity index (χ3n) is 4.54. The lowest BCUT2D eigenvalue weighted by molar-refractivity contribution is 0.0236. The number of aliphatic hydroxyl groups is 1. The lowest BCUT2D eigenvalue weighted by atomic mass is 9.96. The maximum absolute atomic E-state index is 10.7. The number of hydrogen-bond acceptors (Lipinski definition) is 5. The summed E-state index contributed by atoms with van der Waals surface area (Å²) < 4.78 is 11.2. The van der Waals surface area contributed by atoms with Crippen molar-refractivity contribution < 1.29 is 14.6 Å². The molecule has 0 bridgehead atoms. The predicted molar refractivity (Wildman–Crippen MR) is 116 cm³/mol. The summed E-state index contributed by atoms with van der Waals surface area (Å²) in [6, 6.07) is 8.02. The molecule has 0 aliphatic carbocycles. The molecule has 5 nitrogen and oxygen atoms in total. The number of nitrogens with two attached hydrogens (primary N) is 1. The van der Waals surface area contributed by atoms with Gasteiger partial charge in [0.25, 0.3) is 0 Å². The fourth-order valence-electron chi connectivity index (χ4n) is 2.99. The molecule has 1 aliphatic heterocycles. The average molecular weight is 470 g/mol. The van der Waals surface area contributed by atoms with Crippen molar-refractivity contribution in [1.82, 2.24) is 4.98 Å². The van der Waals surface area contributed by atoms with Crippen molar-refractivity contribution in [3.63, 3.8) is 0 Å². The number of rotatable bonds is 5. The molecule has 2 heterocycles. The van der Waals surface area contributed by atoms with Crippen molar-refractivity contribution in [2.45, 2.75) is 38.0 Å². The quantitative estimate of drug-likeness (QED) is 0.655. The van der Waals surface area contributed by atoms with E-state index in [0.717, 1.165) is 12.8 Å². The number of nitrogens with zero attached hydrogens (tertiary/aromatic N) is 1. The van der Waals surface area contributed by atoms with E-state index in [9.17, 15) is 5.11 Å². The van der Waals surface area contributed by atoms with Gasteiger partial charge in [-0.3, -0.25) is 0 Å². The third kappa shape index (κ3) is 6.10. The molecule has 2 atom stereocenters. The van der Waals surface area contributed by atoms with Crippen molar-refractivity contribution in [1.29, 1.82) is 0 Å². The Balaban J connectivity index is 0.00000196. The molecular weight excluding hydrogens is 446 g/mol. The normalized spacial score (nSPS) is 16.5. The zero-order valence-electron chi connectivity index (χ0n) is 15.3. The van der Waals surface area contributed by atoms with Gasteiger partial charge in [-0.15, -0.1) is 24.8 Å². The Labute approximate surface area is 187 Å². The minimum Gasteiger partial charge on any atom is -0.474 e. The first-order chi connectivity index (χ1) is 12.5. The van der Waals surface area contributed by atoms with Crippen LogP contribution < -0.4 is 10.5 Å². The number of benzene rings is 1. The minimum atomic E-state index is -0.920. The second-order valence-corrected chi connectivity index (χ2v) is 7.21. The average Bonchev–Trinajstić information content (AvgIpc) is 2.64. The Hall–Kier alpha value is -0.790. The molecule has 2 aromatic rings. The van der Waals surface area contributed by atoms with Crippen molar-refractivity contribution in [2.24, 2.45) is 5.73 Å². The van der Waals surface area contributed by atoms with Crippen LogP contribution >= 0.6 is 48.0 Å². The largest absolute Gasteiger partial charge is 0.474 e. The van der Waals surface area contributed by atoms with E-state index in [0.29, 0.717) is 46.0 Å². The highest BCUT2D eigenvalue weighted by atomic mass is 35.5. The van der Waals surface area contributed by atoms with E-state index in [-0.39, 0.29) is 30.9 Å². The van der Waals surface area contributed by atoms with Crippen molar-refractivity contribution in [2.75, 3.05) is 13.2 Å². The van der Waals surface area contributed by atoms with Gasteiger partial charge in [-0.05, 0) is 30.7 Å². The molecule has 1 aromatic carbocycles. The summed E-state index contributed by atoms with van der Waals surface area (Å²) in [5, 5.41) is 11.6. The SMILES string of the molecule is Cc1nc(OC2CCOCC2)ccc1[C@@H](O)[C@@H](N)c1ccc(Cl)c(Cl)c1.Cl.Cl. The second-order valence-electron chi connectivity index (χ2n) is 6.40. The topological polar surface area (TPSA) is 77.6 Å². The Morgan fingerprint density at radius 1 is 1.14 bits per heavy atom. The summed E-state index contributed by atoms with van der Waals surface area (Å²) in [5.41, 5.74) is 8.26. The van der Waals surface area contributed by atoms with E-state index >= 15 is 0 Å². The van der Waals surface area contributed by atoms with Crippen LogP contribution in [0.3, 0.4) is 0 Å². The molecule has 3 rings (SSSR count). The fraction of sp³-hybridized carbons (Fsp3) is 0.421. The number of aliphatic hydroxyl groups excluding tert-OH is 1. The van der Waals surface area contributed by atoms with Crippen molar-refractivity contribution in [3.8, 4) is 5.88 Å².